The maximum atomic E-state index is 14.2. The molecule has 1 fully saturated rings. The number of aromatic nitrogens is 5. The van der Waals surface area contributed by atoms with Gasteiger partial charge in [0.1, 0.15) is 11.5 Å². The van der Waals surface area contributed by atoms with Crippen molar-refractivity contribution in [3.8, 4) is 17.1 Å². The molecular weight excluding hydrogens is 328 g/mol. The van der Waals surface area contributed by atoms with Gasteiger partial charge in [-0.3, -0.25) is 9.38 Å². The van der Waals surface area contributed by atoms with Crippen LogP contribution in [0, 0.1) is 5.82 Å². The fourth-order valence-corrected chi connectivity index (χ4v) is 2.78. The molecule has 1 saturated carbocycles. The van der Waals surface area contributed by atoms with E-state index in [0.29, 0.717) is 29.1 Å². The second kappa shape index (κ2) is 5.44. The summed E-state index contributed by atoms with van der Waals surface area (Å²) in [6.45, 7) is 5.15. The van der Waals surface area contributed by atoms with E-state index in [1.165, 1.54) is 18.5 Å². The van der Waals surface area contributed by atoms with Crippen molar-refractivity contribution >= 4 is 5.65 Å². The highest BCUT2D eigenvalue weighted by Gasteiger charge is 2.54. The van der Waals surface area contributed by atoms with Gasteiger partial charge in [0.05, 0.1) is 23.9 Å². The second-order valence-corrected chi connectivity index (χ2v) is 6.77. The third-order valence-corrected chi connectivity index (χ3v) is 4.25. The quantitative estimate of drug-likeness (QED) is 0.726. The number of rotatable bonds is 4. The molecule has 0 N–H and O–H groups in total. The summed E-state index contributed by atoms with van der Waals surface area (Å²) in [5.74, 6) is -0.335. The molecule has 0 saturated heterocycles. The van der Waals surface area contributed by atoms with Gasteiger partial charge in [-0.25, -0.2) is 13.8 Å². The largest absolute Gasteiger partial charge is 0.473 e. The molecule has 4 rings (SSSR count). The molecule has 3 aromatic heterocycles. The first kappa shape index (κ1) is 15.9. The van der Waals surface area contributed by atoms with Crippen molar-refractivity contribution in [2.24, 2.45) is 0 Å². The zero-order valence-corrected chi connectivity index (χ0v) is 14.1. The number of hydrogen-bond acceptors (Lipinski definition) is 5. The number of alkyl halides is 1. The van der Waals surface area contributed by atoms with E-state index in [4.69, 9.17) is 4.74 Å². The molecular formula is C17H17F2N5O. The fourth-order valence-electron chi connectivity index (χ4n) is 2.78. The molecule has 0 spiro atoms. The zero-order chi connectivity index (χ0) is 17.8. The van der Waals surface area contributed by atoms with E-state index >= 15 is 0 Å². The minimum Gasteiger partial charge on any atom is -0.473 e. The van der Waals surface area contributed by atoms with Gasteiger partial charge >= 0.3 is 0 Å². The van der Waals surface area contributed by atoms with Crippen molar-refractivity contribution in [2.75, 3.05) is 0 Å². The van der Waals surface area contributed by atoms with Crippen LogP contribution in [-0.4, -0.2) is 36.3 Å². The van der Waals surface area contributed by atoms with E-state index in [0.717, 1.165) is 0 Å². The number of nitrogens with zero attached hydrogens (tertiary/aromatic N) is 5. The van der Waals surface area contributed by atoms with Crippen LogP contribution >= 0.6 is 0 Å². The molecule has 2 atom stereocenters. The predicted molar refractivity (Wildman–Crippen MR) is 86.6 cm³/mol. The lowest BCUT2D eigenvalue weighted by Gasteiger charge is -2.10. The van der Waals surface area contributed by atoms with Crippen molar-refractivity contribution in [1.82, 2.24) is 24.6 Å². The van der Waals surface area contributed by atoms with E-state index < -0.39 is 11.5 Å². The van der Waals surface area contributed by atoms with Gasteiger partial charge in [-0.2, -0.15) is 0 Å². The lowest BCUT2D eigenvalue weighted by molar-refractivity contribution is 0.221. The van der Waals surface area contributed by atoms with Gasteiger partial charge in [-0.15, -0.1) is 10.2 Å². The van der Waals surface area contributed by atoms with Crippen LogP contribution in [0.3, 0.4) is 0 Å². The summed E-state index contributed by atoms with van der Waals surface area (Å²) in [5.41, 5.74) is 0.261. The van der Waals surface area contributed by atoms with Crippen LogP contribution in [0.25, 0.3) is 16.9 Å². The van der Waals surface area contributed by atoms with Crippen molar-refractivity contribution in [2.45, 2.75) is 44.9 Å². The molecule has 130 valence electrons. The standard InChI is InChI=1S/C17H17F2N5O/c1-9(2)25-16-12(18)4-10(6-21-16)13-8-24-14(7-20-13)22-23-15(24)11-5-17(11,3)19/h4,6-9,11H,5H2,1-3H3/t11-,17?/m1/s1. The van der Waals surface area contributed by atoms with E-state index in [1.807, 2.05) is 0 Å². The Kier molecular flexibility index (Phi) is 3.45. The topological polar surface area (TPSA) is 65.2 Å². The monoisotopic (exact) mass is 345 g/mol. The molecule has 0 aromatic carbocycles. The Hall–Kier alpha value is -2.64. The van der Waals surface area contributed by atoms with E-state index in [-0.39, 0.29) is 17.9 Å². The Bertz CT molecular complexity index is 953. The van der Waals surface area contributed by atoms with Crippen molar-refractivity contribution in [3.05, 3.63) is 36.3 Å². The molecule has 1 aliphatic carbocycles. The molecule has 3 heterocycles. The molecule has 3 aromatic rings. The third-order valence-electron chi connectivity index (χ3n) is 4.25. The van der Waals surface area contributed by atoms with Crippen LogP contribution in [-0.2, 0) is 0 Å². The minimum atomic E-state index is -1.25. The maximum Gasteiger partial charge on any atom is 0.250 e. The van der Waals surface area contributed by atoms with Crippen molar-refractivity contribution < 1.29 is 13.5 Å². The summed E-state index contributed by atoms with van der Waals surface area (Å²) in [5, 5.41) is 8.09. The molecule has 0 amide bonds. The van der Waals surface area contributed by atoms with E-state index in [2.05, 4.69) is 20.2 Å². The van der Waals surface area contributed by atoms with Crippen molar-refractivity contribution in [3.63, 3.8) is 0 Å². The molecule has 0 aliphatic heterocycles. The first-order valence-corrected chi connectivity index (χ1v) is 8.07. The Balaban J connectivity index is 1.72. The summed E-state index contributed by atoms with van der Waals surface area (Å²) in [7, 11) is 0. The molecule has 1 aliphatic rings. The predicted octanol–water partition coefficient (Wildman–Crippen LogP) is 3.33. The summed E-state index contributed by atoms with van der Waals surface area (Å²) in [6, 6.07) is 1.32. The van der Waals surface area contributed by atoms with Crippen LogP contribution in [0.15, 0.2) is 24.7 Å². The molecule has 0 bridgehead atoms. The Morgan fingerprint density at radius 3 is 2.68 bits per heavy atom. The van der Waals surface area contributed by atoms with Gasteiger partial charge < -0.3 is 4.74 Å². The fraction of sp³-hybridized carbons (Fsp3) is 0.412. The number of ether oxygens (including phenoxy) is 1. The number of hydrogen-bond donors (Lipinski definition) is 0. The summed E-state index contributed by atoms with van der Waals surface area (Å²) < 4.78 is 35.2. The van der Waals surface area contributed by atoms with Gasteiger partial charge in [0.15, 0.2) is 11.5 Å². The Morgan fingerprint density at radius 2 is 2.04 bits per heavy atom. The molecule has 8 heteroatoms. The molecule has 6 nitrogen and oxygen atoms in total. The highest BCUT2D eigenvalue weighted by Crippen LogP contribution is 2.53. The normalized spacial score (nSPS) is 22.6. The highest BCUT2D eigenvalue weighted by atomic mass is 19.1. The van der Waals surface area contributed by atoms with Gasteiger partial charge in [-0.1, -0.05) is 0 Å². The Morgan fingerprint density at radius 1 is 1.28 bits per heavy atom. The summed E-state index contributed by atoms with van der Waals surface area (Å²) in [4.78, 5) is 8.29. The van der Waals surface area contributed by atoms with Crippen LogP contribution < -0.4 is 4.74 Å². The lowest BCUT2D eigenvalue weighted by Crippen LogP contribution is -2.08. The third kappa shape index (κ3) is 2.81. The van der Waals surface area contributed by atoms with Crippen LogP contribution in [0.2, 0.25) is 0 Å². The first-order valence-electron chi connectivity index (χ1n) is 8.07. The van der Waals surface area contributed by atoms with Gasteiger partial charge in [0.2, 0.25) is 0 Å². The molecule has 25 heavy (non-hydrogen) atoms. The van der Waals surface area contributed by atoms with E-state index in [1.54, 1.807) is 31.4 Å². The zero-order valence-electron chi connectivity index (χ0n) is 14.1. The highest BCUT2D eigenvalue weighted by molar-refractivity contribution is 5.59. The lowest BCUT2D eigenvalue weighted by atomic mass is 10.2. The van der Waals surface area contributed by atoms with Gasteiger partial charge in [0, 0.05) is 18.0 Å². The Labute approximate surface area is 142 Å². The van der Waals surface area contributed by atoms with Crippen LogP contribution in [0.1, 0.15) is 38.9 Å². The number of halogens is 2. The smallest absolute Gasteiger partial charge is 0.250 e. The number of pyridine rings is 1. The van der Waals surface area contributed by atoms with Gasteiger partial charge in [-0.05, 0) is 33.3 Å². The minimum absolute atomic E-state index is 0.0454. The SMILES string of the molecule is CC(C)Oc1ncc(-c2cn3c([C@H]4CC4(C)F)nnc3cn2)cc1F. The first-order chi connectivity index (χ1) is 11.8. The number of fused-ring (bicyclic) bond motifs is 1. The maximum absolute atomic E-state index is 14.2. The average Bonchev–Trinajstić information content (AvgIpc) is 3.00. The second-order valence-electron chi connectivity index (χ2n) is 6.77. The average molecular weight is 345 g/mol. The van der Waals surface area contributed by atoms with E-state index in [9.17, 15) is 8.78 Å². The summed E-state index contributed by atoms with van der Waals surface area (Å²) in [6.07, 6.45) is 4.95. The van der Waals surface area contributed by atoms with Crippen LogP contribution in [0.5, 0.6) is 5.88 Å². The van der Waals surface area contributed by atoms with Gasteiger partial charge in [0.25, 0.3) is 5.88 Å². The molecule has 1 unspecified atom stereocenters. The molecule has 0 radical (unpaired) electrons. The van der Waals surface area contributed by atoms with Crippen LogP contribution in [0.4, 0.5) is 8.78 Å². The summed E-state index contributed by atoms with van der Waals surface area (Å²) >= 11 is 0. The van der Waals surface area contributed by atoms with Crippen molar-refractivity contribution in [1.29, 1.82) is 0 Å².